The van der Waals surface area contributed by atoms with E-state index in [2.05, 4.69) is 15.1 Å². The van der Waals surface area contributed by atoms with E-state index in [0.717, 1.165) is 5.56 Å². The number of carbonyl (C=O) groups excluding carboxylic acids is 2. The Morgan fingerprint density at radius 3 is 2.96 bits per heavy atom. The summed E-state index contributed by atoms with van der Waals surface area (Å²) < 4.78 is 5.09. The number of aromatic nitrogens is 3. The molecule has 0 radical (unpaired) electrons. The summed E-state index contributed by atoms with van der Waals surface area (Å²) in [5, 5.41) is 3.74. The fourth-order valence-corrected chi connectivity index (χ4v) is 2.97. The molecular formula is C17H21N5O3. The number of amides is 2. The maximum absolute atomic E-state index is 12.8. The summed E-state index contributed by atoms with van der Waals surface area (Å²) in [5.41, 5.74) is 0.956. The van der Waals surface area contributed by atoms with Gasteiger partial charge in [0.25, 0.3) is 0 Å². The lowest BCUT2D eigenvalue weighted by Gasteiger charge is -2.22. The SMILES string of the molecule is CCN(Cc1nc(C)no1)C(=O)[C@H]1CC(=O)N(Cc2cccnc2)C1. The summed E-state index contributed by atoms with van der Waals surface area (Å²) in [6, 6.07) is 3.76. The molecule has 0 aromatic carbocycles. The van der Waals surface area contributed by atoms with Gasteiger partial charge in [-0.05, 0) is 25.5 Å². The van der Waals surface area contributed by atoms with Crippen LogP contribution in [0.2, 0.25) is 0 Å². The summed E-state index contributed by atoms with van der Waals surface area (Å²) in [4.78, 5) is 36.6. The topological polar surface area (TPSA) is 92.4 Å². The third kappa shape index (κ3) is 4.01. The van der Waals surface area contributed by atoms with Crippen LogP contribution in [0.5, 0.6) is 0 Å². The molecule has 1 aliphatic rings. The van der Waals surface area contributed by atoms with Crippen LogP contribution in [0.3, 0.4) is 0 Å². The Morgan fingerprint density at radius 2 is 2.32 bits per heavy atom. The standard InChI is InChI=1S/C17H21N5O3/c1-3-21(11-15-19-12(2)20-25-15)17(24)14-7-16(23)22(10-14)9-13-5-4-6-18-8-13/h4-6,8,14H,3,7,9-11H2,1-2H3/t14-/m0/s1. The van der Waals surface area contributed by atoms with Gasteiger partial charge in [-0.25, -0.2) is 0 Å². The Balaban J connectivity index is 1.62. The third-order valence-corrected chi connectivity index (χ3v) is 4.25. The summed E-state index contributed by atoms with van der Waals surface area (Å²) in [7, 11) is 0. The maximum atomic E-state index is 12.8. The molecule has 0 spiro atoms. The first-order valence-corrected chi connectivity index (χ1v) is 8.31. The van der Waals surface area contributed by atoms with Crippen LogP contribution in [-0.2, 0) is 22.7 Å². The summed E-state index contributed by atoms with van der Waals surface area (Å²) in [6.07, 6.45) is 3.66. The quantitative estimate of drug-likeness (QED) is 0.782. The van der Waals surface area contributed by atoms with E-state index in [1.165, 1.54) is 0 Å². The highest BCUT2D eigenvalue weighted by Gasteiger charge is 2.36. The molecule has 2 aromatic heterocycles. The van der Waals surface area contributed by atoms with E-state index < -0.39 is 0 Å². The van der Waals surface area contributed by atoms with Gasteiger partial charge in [0, 0.05) is 38.4 Å². The molecule has 0 N–H and O–H groups in total. The normalized spacial score (nSPS) is 17.1. The van der Waals surface area contributed by atoms with Crippen LogP contribution in [0.25, 0.3) is 0 Å². The van der Waals surface area contributed by atoms with Crippen LogP contribution in [0, 0.1) is 12.8 Å². The van der Waals surface area contributed by atoms with Crippen LogP contribution in [-0.4, -0.2) is 49.8 Å². The number of aryl methyl sites for hydroxylation is 1. The predicted molar refractivity (Wildman–Crippen MR) is 87.9 cm³/mol. The zero-order chi connectivity index (χ0) is 17.8. The Hall–Kier alpha value is -2.77. The fourth-order valence-electron chi connectivity index (χ4n) is 2.97. The number of rotatable bonds is 6. The highest BCUT2D eigenvalue weighted by atomic mass is 16.5. The highest BCUT2D eigenvalue weighted by Crippen LogP contribution is 2.22. The molecule has 2 aromatic rings. The van der Waals surface area contributed by atoms with Crippen LogP contribution >= 0.6 is 0 Å². The molecule has 8 nitrogen and oxygen atoms in total. The van der Waals surface area contributed by atoms with E-state index >= 15 is 0 Å². The van der Waals surface area contributed by atoms with Crippen molar-refractivity contribution >= 4 is 11.8 Å². The van der Waals surface area contributed by atoms with Crippen molar-refractivity contribution in [1.82, 2.24) is 24.9 Å². The minimum absolute atomic E-state index is 0.00751. The van der Waals surface area contributed by atoms with E-state index in [1.54, 1.807) is 29.1 Å². The Morgan fingerprint density at radius 1 is 1.48 bits per heavy atom. The number of pyridine rings is 1. The molecule has 1 saturated heterocycles. The molecule has 3 heterocycles. The van der Waals surface area contributed by atoms with Gasteiger partial charge in [-0.15, -0.1) is 0 Å². The molecule has 0 aliphatic carbocycles. The second kappa shape index (κ2) is 7.42. The van der Waals surface area contributed by atoms with E-state index in [1.807, 2.05) is 19.1 Å². The van der Waals surface area contributed by atoms with Gasteiger partial charge in [0.1, 0.15) is 0 Å². The lowest BCUT2D eigenvalue weighted by atomic mass is 10.1. The summed E-state index contributed by atoms with van der Waals surface area (Å²) >= 11 is 0. The molecule has 1 fully saturated rings. The second-order valence-electron chi connectivity index (χ2n) is 6.12. The van der Waals surface area contributed by atoms with E-state index in [-0.39, 0.29) is 30.7 Å². The number of hydrogen-bond donors (Lipinski definition) is 0. The van der Waals surface area contributed by atoms with Crippen molar-refractivity contribution < 1.29 is 14.1 Å². The van der Waals surface area contributed by atoms with Crippen molar-refractivity contribution in [2.45, 2.75) is 33.4 Å². The second-order valence-corrected chi connectivity index (χ2v) is 6.12. The summed E-state index contributed by atoms with van der Waals surface area (Å²) in [5.74, 6) is 0.543. The zero-order valence-electron chi connectivity index (χ0n) is 14.4. The van der Waals surface area contributed by atoms with Crippen molar-refractivity contribution in [1.29, 1.82) is 0 Å². The molecule has 0 unspecified atom stereocenters. The molecular weight excluding hydrogens is 322 g/mol. The molecule has 2 amide bonds. The smallest absolute Gasteiger partial charge is 0.246 e. The molecule has 8 heteroatoms. The molecule has 0 saturated carbocycles. The number of carbonyl (C=O) groups is 2. The lowest BCUT2D eigenvalue weighted by Crippen LogP contribution is -2.37. The average Bonchev–Trinajstić information content (AvgIpc) is 3.19. The van der Waals surface area contributed by atoms with E-state index in [9.17, 15) is 9.59 Å². The maximum Gasteiger partial charge on any atom is 0.246 e. The van der Waals surface area contributed by atoms with Crippen LogP contribution < -0.4 is 0 Å². The van der Waals surface area contributed by atoms with Gasteiger partial charge < -0.3 is 14.3 Å². The van der Waals surface area contributed by atoms with Crippen LogP contribution in [0.1, 0.15) is 30.6 Å². The largest absolute Gasteiger partial charge is 0.337 e. The molecule has 0 bridgehead atoms. The van der Waals surface area contributed by atoms with Crippen molar-refractivity contribution in [3.63, 3.8) is 0 Å². The van der Waals surface area contributed by atoms with Crippen LogP contribution in [0.15, 0.2) is 29.0 Å². The van der Waals surface area contributed by atoms with Gasteiger partial charge in [0.2, 0.25) is 17.7 Å². The van der Waals surface area contributed by atoms with Crippen LogP contribution in [0.4, 0.5) is 0 Å². The van der Waals surface area contributed by atoms with Gasteiger partial charge >= 0.3 is 0 Å². The third-order valence-electron chi connectivity index (χ3n) is 4.25. The van der Waals surface area contributed by atoms with E-state index in [4.69, 9.17) is 4.52 Å². The first-order valence-electron chi connectivity index (χ1n) is 8.31. The lowest BCUT2D eigenvalue weighted by molar-refractivity contribution is -0.136. The molecule has 1 aliphatic heterocycles. The number of nitrogens with zero attached hydrogens (tertiary/aromatic N) is 5. The minimum atomic E-state index is -0.340. The van der Waals surface area contributed by atoms with Gasteiger partial charge in [0.15, 0.2) is 5.82 Å². The van der Waals surface area contributed by atoms with Crippen molar-refractivity contribution in [3.05, 3.63) is 41.8 Å². The Labute approximate surface area is 145 Å². The predicted octanol–water partition coefficient (Wildman–Crippen LogP) is 1.17. The fraction of sp³-hybridized carbons (Fsp3) is 0.471. The van der Waals surface area contributed by atoms with Crippen molar-refractivity contribution in [3.8, 4) is 0 Å². The van der Waals surface area contributed by atoms with Crippen molar-refractivity contribution in [2.75, 3.05) is 13.1 Å². The zero-order valence-corrected chi connectivity index (χ0v) is 14.4. The average molecular weight is 343 g/mol. The Bertz CT molecular complexity index is 746. The molecule has 25 heavy (non-hydrogen) atoms. The van der Waals surface area contributed by atoms with Crippen molar-refractivity contribution in [2.24, 2.45) is 5.92 Å². The summed E-state index contributed by atoms with van der Waals surface area (Å²) in [6.45, 7) is 5.32. The molecule has 132 valence electrons. The van der Waals surface area contributed by atoms with Gasteiger partial charge in [-0.2, -0.15) is 4.98 Å². The Kier molecular flexibility index (Phi) is 5.06. The van der Waals surface area contributed by atoms with Gasteiger partial charge in [-0.1, -0.05) is 11.2 Å². The number of hydrogen-bond acceptors (Lipinski definition) is 6. The first-order chi connectivity index (χ1) is 12.1. The van der Waals surface area contributed by atoms with Gasteiger partial charge in [-0.3, -0.25) is 14.6 Å². The molecule has 1 atom stereocenters. The van der Waals surface area contributed by atoms with E-state index in [0.29, 0.717) is 31.3 Å². The van der Waals surface area contributed by atoms with Gasteiger partial charge in [0.05, 0.1) is 12.5 Å². The minimum Gasteiger partial charge on any atom is -0.337 e. The highest BCUT2D eigenvalue weighted by molar-refractivity contribution is 5.89. The number of likely N-dealkylation sites (tertiary alicyclic amines) is 1. The monoisotopic (exact) mass is 343 g/mol. The molecule has 3 rings (SSSR count). The first kappa shape index (κ1) is 17.1.